The number of H-pyrrole nitrogens is 1. The third kappa shape index (κ3) is 2.97. The predicted octanol–water partition coefficient (Wildman–Crippen LogP) is 1.65. The second-order valence-corrected chi connectivity index (χ2v) is 5.40. The molecule has 110 valence electrons. The Balaban J connectivity index is 2.73. The van der Waals surface area contributed by atoms with E-state index in [9.17, 15) is 14.4 Å². The first-order chi connectivity index (χ1) is 9.85. The molecule has 2 N–H and O–H groups in total. The lowest BCUT2D eigenvalue weighted by Gasteiger charge is -2.09. The van der Waals surface area contributed by atoms with E-state index < -0.39 is 22.9 Å². The van der Waals surface area contributed by atoms with Crippen LogP contribution in [0.15, 0.2) is 26.6 Å². The minimum Gasteiger partial charge on any atom is -0.476 e. The van der Waals surface area contributed by atoms with E-state index in [-0.39, 0.29) is 15.7 Å². The van der Waals surface area contributed by atoms with Gasteiger partial charge in [0.05, 0.1) is 15.7 Å². The van der Waals surface area contributed by atoms with Gasteiger partial charge in [0.15, 0.2) is 0 Å². The van der Waals surface area contributed by atoms with Gasteiger partial charge in [-0.2, -0.15) is 9.78 Å². The monoisotopic (exact) mass is 347 g/mol. The van der Waals surface area contributed by atoms with Crippen molar-refractivity contribution in [2.75, 3.05) is 6.26 Å². The van der Waals surface area contributed by atoms with E-state index in [2.05, 4.69) is 5.10 Å². The van der Waals surface area contributed by atoms with E-state index in [1.807, 2.05) is 4.98 Å². The van der Waals surface area contributed by atoms with Crippen LogP contribution in [0.1, 0.15) is 10.5 Å². The normalized spacial score (nSPS) is 10.6. The van der Waals surface area contributed by atoms with Gasteiger partial charge in [-0.1, -0.05) is 23.2 Å². The lowest BCUT2D eigenvalue weighted by Crippen LogP contribution is -2.35. The number of carboxylic acid groups (broad SMARTS) is 1. The highest BCUT2D eigenvalue weighted by atomic mass is 35.5. The number of hydrogen-bond donors (Lipinski definition) is 2. The lowest BCUT2D eigenvalue weighted by atomic mass is 10.3. The molecule has 1 aromatic heterocycles. The zero-order chi connectivity index (χ0) is 15.7. The second kappa shape index (κ2) is 5.92. The van der Waals surface area contributed by atoms with Gasteiger partial charge in [0.1, 0.15) is 0 Å². The minimum absolute atomic E-state index is 0.145. The van der Waals surface area contributed by atoms with E-state index in [0.717, 1.165) is 0 Å². The summed E-state index contributed by atoms with van der Waals surface area (Å²) in [4.78, 5) is 36.5. The zero-order valence-electron chi connectivity index (χ0n) is 10.4. The van der Waals surface area contributed by atoms with Crippen molar-refractivity contribution in [2.24, 2.45) is 0 Å². The Kier molecular flexibility index (Phi) is 4.40. The van der Waals surface area contributed by atoms with Gasteiger partial charge >= 0.3 is 11.7 Å². The number of hydrogen-bond acceptors (Lipinski definition) is 5. The number of aromatic carboxylic acids is 1. The number of benzene rings is 1. The number of halogens is 2. The van der Waals surface area contributed by atoms with Crippen molar-refractivity contribution in [3.8, 4) is 5.69 Å². The lowest BCUT2D eigenvalue weighted by molar-refractivity contribution is 0.0685. The highest BCUT2D eigenvalue weighted by Crippen LogP contribution is 2.34. The molecule has 0 atom stereocenters. The molecule has 0 aliphatic rings. The fraction of sp³-hybridized carbons (Fsp3) is 0.0909. The molecule has 1 heterocycles. The summed E-state index contributed by atoms with van der Waals surface area (Å²) >= 11 is 13.4. The van der Waals surface area contributed by atoms with E-state index in [1.54, 1.807) is 6.26 Å². The van der Waals surface area contributed by atoms with Crippen molar-refractivity contribution in [2.45, 2.75) is 4.90 Å². The molecule has 2 rings (SSSR count). The van der Waals surface area contributed by atoms with Crippen LogP contribution in [-0.4, -0.2) is 32.1 Å². The third-order valence-corrected chi connectivity index (χ3v) is 4.13. The second-order valence-electron chi connectivity index (χ2n) is 3.77. The van der Waals surface area contributed by atoms with Crippen LogP contribution in [0.25, 0.3) is 5.69 Å². The summed E-state index contributed by atoms with van der Waals surface area (Å²) in [6.07, 6.45) is 1.78. The van der Waals surface area contributed by atoms with Gasteiger partial charge in [-0.3, -0.25) is 9.78 Å². The van der Waals surface area contributed by atoms with Crippen molar-refractivity contribution < 1.29 is 9.90 Å². The largest absolute Gasteiger partial charge is 0.476 e. The number of rotatable bonds is 3. The molecule has 0 saturated heterocycles. The van der Waals surface area contributed by atoms with Crippen molar-refractivity contribution >= 4 is 40.9 Å². The fourth-order valence-corrected chi connectivity index (χ4v) is 3.03. The number of aromatic amines is 1. The molecule has 0 aliphatic carbocycles. The Morgan fingerprint density at radius 1 is 1.33 bits per heavy atom. The summed E-state index contributed by atoms with van der Waals surface area (Å²) < 4.78 is 0.715. The Morgan fingerprint density at radius 2 is 1.90 bits per heavy atom. The molecule has 0 saturated carbocycles. The summed E-state index contributed by atoms with van der Waals surface area (Å²) in [5, 5.41) is 12.9. The molecule has 0 spiro atoms. The fourth-order valence-electron chi connectivity index (χ4n) is 1.58. The number of aromatic nitrogens is 3. The van der Waals surface area contributed by atoms with Gasteiger partial charge < -0.3 is 5.11 Å². The van der Waals surface area contributed by atoms with E-state index in [1.165, 1.54) is 23.9 Å². The van der Waals surface area contributed by atoms with Gasteiger partial charge in [0.2, 0.25) is 5.69 Å². The van der Waals surface area contributed by atoms with E-state index in [4.69, 9.17) is 28.3 Å². The highest BCUT2D eigenvalue weighted by molar-refractivity contribution is 7.98. The molecule has 2 aromatic rings. The van der Waals surface area contributed by atoms with Crippen LogP contribution in [0.3, 0.4) is 0 Å². The molecular formula is C11H7Cl2N3O4S. The predicted molar refractivity (Wildman–Crippen MR) is 79.2 cm³/mol. The van der Waals surface area contributed by atoms with Crippen LogP contribution in [0, 0.1) is 0 Å². The molecular weight excluding hydrogens is 341 g/mol. The van der Waals surface area contributed by atoms with Crippen molar-refractivity contribution in [1.82, 2.24) is 14.8 Å². The molecule has 0 amide bonds. The molecule has 1 aromatic carbocycles. The van der Waals surface area contributed by atoms with Gasteiger partial charge in [0, 0.05) is 4.90 Å². The van der Waals surface area contributed by atoms with Crippen LogP contribution < -0.4 is 11.2 Å². The molecule has 21 heavy (non-hydrogen) atoms. The maximum absolute atomic E-state index is 11.8. The highest BCUT2D eigenvalue weighted by Gasteiger charge is 2.16. The Morgan fingerprint density at radius 3 is 2.38 bits per heavy atom. The summed E-state index contributed by atoms with van der Waals surface area (Å²) in [6.45, 7) is 0. The smallest absolute Gasteiger partial charge is 0.362 e. The third-order valence-electron chi connectivity index (χ3n) is 2.46. The van der Waals surface area contributed by atoms with Crippen molar-refractivity contribution in [1.29, 1.82) is 0 Å². The topological polar surface area (TPSA) is 105 Å². The molecule has 0 radical (unpaired) electrons. The molecule has 7 nitrogen and oxygen atoms in total. The van der Waals surface area contributed by atoms with Crippen LogP contribution in [0.5, 0.6) is 0 Å². The quantitative estimate of drug-likeness (QED) is 0.817. The van der Waals surface area contributed by atoms with Crippen molar-refractivity contribution in [3.63, 3.8) is 0 Å². The maximum Gasteiger partial charge on any atom is 0.362 e. The molecule has 0 bridgehead atoms. The van der Waals surface area contributed by atoms with Crippen LogP contribution in [0.2, 0.25) is 10.0 Å². The van der Waals surface area contributed by atoms with E-state index >= 15 is 0 Å². The number of nitrogens with zero attached hydrogens (tertiary/aromatic N) is 2. The van der Waals surface area contributed by atoms with Gasteiger partial charge in [-0.05, 0) is 18.4 Å². The van der Waals surface area contributed by atoms with Gasteiger partial charge in [-0.15, -0.1) is 11.8 Å². The molecule has 0 fully saturated rings. The van der Waals surface area contributed by atoms with Crippen LogP contribution >= 0.6 is 35.0 Å². The van der Waals surface area contributed by atoms with Crippen LogP contribution in [-0.2, 0) is 0 Å². The molecule has 0 unspecified atom stereocenters. The minimum atomic E-state index is -1.55. The van der Waals surface area contributed by atoms with Crippen molar-refractivity contribution in [3.05, 3.63) is 48.7 Å². The number of carbonyl (C=O) groups is 1. The first-order valence-electron chi connectivity index (χ1n) is 5.35. The Hall–Kier alpha value is -1.77. The van der Waals surface area contributed by atoms with E-state index in [0.29, 0.717) is 9.58 Å². The standard InChI is InChI=1S/C11H7Cl2N3O4S/c1-21-8-5(12)2-4(3-6(8)13)16-11(20)14-9(17)7(15-16)10(18)19/h2-3H,1H3,(H,18,19)(H,14,17,20). The summed E-state index contributed by atoms with van der Waals surface area (Å²) in [6, 6.07) is 2.80. The average molecular weight is 348 g/mol. The van der Waals surface area contributed by atoms with Gasteiger partial charge in [-0.25, -0.2) is 9.59 Å². The number of nitrogens with one attached hydrogen (secondary N) is 1. The van der Waals surface area contributed by atoms with Gasteiger partial charge in [0.25, 0.3) is 5.56 Å². The average Bonchev–Trinajstić information content (AvgIpc) is 2.37. The maximum atomic E-state index is 11.8. The summed E-state index contributed by atoms with van der Waals surface area (Å²) in [5.41, 5.74) is -2.64. The van der Waals surface area contributed by atoms with Crippen LogP contribution in [0.4, 0.5) is 0 Å². The molecule has 10 heteroatoms. The Labute approximate surface area is 131 Å². The number of thioether (sulfide) groups is 1. The first kappa shape index (κ1) is 15.6. The number of carboxylic acids is 1. The zero-order valence-corrected chi connectivity index (χ0v) is 12.7. The Bertz CT molecular complexity index is 823. The first-order valence-corrected chi connectivity index (χ1v) is 7.33. The SMILES string of the molecule is CSc1c(Cl)cc(-n2nc(C(=O)O)c(=O)[nH]c2=O)cc1Cl. The molecule has 0 aliphatic heterocycles. The summed E-state index contributed by atoms with van der Waals surface area (Å²) in [5.74, 6) is -1.55. The summed E-state index contributed by atoms with van der Waals surface area (Å²) in [7, 11) is 0.